The summed E-state index contributed by atoms with van der Waals surface area (Å²) in [5.41, 5.74) is 0. The Morgan fingerprint density at radius 3 is 2.61 bits per heavy atom. The zero-order chi connectivity index (χ0) is 19.9. The number of fused-ring (bicyclic) bond motifs is 1. The Kier molecular flexibility index (Phi) is 7.99. The van der Waals surface area contributed by atoms with Crippen molar-refractivity contribution in [1.29, 1.82) is 0 Å². The second-order valence-electron chi connectivity index (χ2n) is 8.31. The lowest BCUT2D eigenvalue weighted by molar-refractivity contribution is 0.0505. The number of hydrogen-bond acceptors (Lipinski definition) is 3. The number of benzene rings is 1. The molecule has 1 aliphatic rings. The zero-order valence-corrected chi connectivity index (χ0v) is 18.8. The molecular formula is C25H36O2S. The standard InChI is InChI=1S/C25H36O2S/c1-5-19(4)27-17-18(3)7-8-20-9-11-21(12-10-20)24-15-22-13-14-23(26-6-2)16-25(22)28-24/h7-8,13-16,18-21H,5-6,9-12,17H2,1-4H3/b8-7+. The van der Waals surface area contributed by atoms with Gasteiger partial charge in [-0.1, -0.05) is 26.0 Å². The Morgan fingerprint density at radius 2 is 1.89 bits per heavy atom. The lowest BCUT2D eigenvalue weighted by Gasteiger charge is -2.26. The molecule has 2 nitrogen and oxygen atoms in total. The summed E-state index contributed by atoms with van der Waals surface area (Å²) in [5.74, 6) is 2.96. The number of allylic oxidation sites excluding steroid dienone is 1. The Morgan fingerprint density at radius 1 is 1.11 bits per heavy atom. The molecular weight excluding hydrogens is 364 g/mol. The van der Waals surface area contributed by atoms with Gasteiger partial charge in [0, 0.05) is 9.58 Å². The molecule has 0 bridgehead atoms. The Balaban J connectivity index is 1.51. The van der Waals surface area contributed by atoms with Crippen molar-refractivity contribution in [3.8, 4) is 5.75 Å². The quantitative estimate of drug-likeness (QED) is 0.404. The third kappa shape index (κ3) is 5.84. The van der Waals surface area contributed by atoms with Crippen LogP contribution < -0.4 is 4.74 Å². The molecule has 1 fully saturated rings. The number of thiophene rings is 1. The molecule has 0 amide bonds. The second-order valence-corrected chi connectivity index (χ2v) is 9.42. The van der Waals surface area contributed by atoms with Crippen LogP contribution in [0.5, 0.6) is 5.75 Å². The van der Waals surface area contributed by atoms with E-state index in [4.69, 9.17) is 9.47 Å². The second kappa shape index (κ2) is 10.5. The maximum absolute atomic E-state index is 5.86. The van der Waals surface area contributed by atoms with Crippen molar-refractivity contribution in [2.75, 3.05) is 13.2 Å². The van der Waals surface area contributed by atoms with Gasteiger partial charge in [0.15, 0.2) is 0 Å². The highest BCUT2D eigenvalue weighted by atomic mass is 32.1. The molecule has 0 radical (unpaired) electrons. The molecule has 1 aliphatic carbocycles. The lowest BCUT2D eigenvalue weighted by atomic mass is 9.81. The Hall–Kier alpha value is -1.32. The predicted octanol–water partition coefficient (Wildman–Crippen LogP) is 7.58. The average molecular weight is 401 g/mol. The maximum Gasteiger partial charge on any atom is 0.120 e. The van der Waals surface area contributed by atoms with Crippen molar-refractivity contribution >= 4 is 21.4 Å². The van der Waals surface area contributed by atoms with Gasteiger partial charge in [-0.3, -0.25) is 0 Å². The summed E-state index contributed by atoms with van der Waals surface area (Å²) in [6.45, 7) is 10.2. The van der Waals surface area contributed by atoms with Crippen LogP contribution in [0.2, 0.25) is 0 Å². The van der Waals surface area contributed by atoms with Crippen LogP contribution in [0.25, 0.3) is 10.1 Å². The highest BCUT2D eigenvalue weighted by Gasteiger charge is 2.22. The van der Waals surface area contributed by atoms with E-state index in [1.807, 2.05) is 18.3 Å². The van der Waals surface area contributed by atoms with Gasteiger partial charge in [-0.15, -0.1) is 11.3 Å². The van der Waals surface area contributed by atoms with Crippen LogP contribution in [0.1, 0.15) is 70.6 Å². The van der Waals surface area contributed by atoms with Gasteiger partial charge in [0.2, 0.25) is 0 Å². The summed E-state index contributed by atoms with van der Waals surface area (Å²) in [4.78, 5) is 1.56. The first-order valence-corrected chi connectivity index (χ1v) is 11.9. The van der Waals surface area contributed by atoms with E-state index in [0.717, 1.165) is 37.2 Å². The van der Waals surface area contributed by atoms with E-state index >= 15 is 0 Å². The van der Waals surface area contributed by atoms with Crippen LogP contribution in [0.4, 0.5) is 0 Å². The molecule has 1 aromatic carbocycles. The zero-order valence-electron chi connectivity index (χ0n) is 17.9. The topological polar surface area (TPSA) is 18.5 Å². The minimum absolute atomic E-state index is 0.372. The Labute approximate surface area is 174 Å². The number of hydrogen-bond donors (Lipinski definition) is 0. The first-order chi connectivity index (χ1) is 13.6. The normalized spacial score (nSPS) is 22.6. The summed E-state index contributed by atoms with van der Waals surface area (Å²) in [7, 11) is 0. The fourth-order valence-corrected chi connectivity index (χ4v) is 5.18. The highest BCUT2D eigenvalue weighted by Crippen LogP contribution is 2.41. The van der Waals surface area contributed by atoms with Gasteiger partial charge in [-0.25, -0.2) is 0 Å². The molecule has 3 heteroatoms. The largest absolute Gasteiger partial charge is 0.494 e. The van der Waals surface area contributed by atoms with Gasteiger partial charge in [0.05, 0.1) is 19.3 Å². The minimum atomic E-state index is 0.372. The van der Waals surface area contributed by atoms with Gasteiger partial charge >= 0.3 is 0 Å². The van der Waals surface area contributed by atoms with Gasteiger partial charge in [0.1, 0.15) is 5.75 Å². The van der Waals surface area contributed by atoms with Crippen molar-refractivity contribution in [3.63, 3.8) is 0 Å². The first kappa shape index (κ1) is 21.4. The molecule has 154 valence electrons. The molecule has 0 N–H and O–H groups in total. The van der Waals surface area contributed by atoms with Gasteiger partial charge in [0.25, 0.3) is 0 Å². The summed E-state index contributed by atoms with van der Waals surface area (Å²) in [5, 5.41) is 1.36. The average Bonchev–Trinajstić information content (AvgIpc) is 3.14. The summed E-state index contributed by atoms with van der Waals surface area (Å²) in [6.07, 6.45) is 11.5. The molecule has 1 aromatic heterocycles. The van der Waals surface area contributed by atoms with E-state index < -0.39 is 0 Å². The third-order valence-electron chi connectivity index (χ3n) is 5.93. The molecule has 28 heavy (non-hydrogen) atoms. The fourth-order valence-electron chi connectivity index (χ4n) is 3.92. The third-order valence-corrected chi connectivity index (χ3v) is 7.19. The van der Waals surface area contributed by atoms with Crippen molar-refractivity contribution in [2.24, 2.45) is 11.8 Å². The number of ether oxygens (including phenoxy) is 2. The summed E-state index contributed by atoms with van der Waals surface area (Å²) >= 11 is 1.96. The molecule has 0 saturated heterocycles. The van der Waals surface area contributed by atoms with Crippen LogP contribution in [-0.2, 0) is 4.74 Å². The molecule has 2 aromatic rings. The smallest absolute Gasteiger partial charge is 0.120 e. The molecule has 2 atom stereocenters. The van der Waals surface area contributed by atoms with E-state index in [0.29, 0.717) is 12.0 Å². The van der Waals surface area contributed by atoms with E-state index in [-0.39, 0.29) is 0 Å². The van der Waals surface area contributed by atoms with Crippen LogP contribution >= 0.6 is 11.3 Å². The molecule has 3 rings (SSSR count). The fraction of sp³-hybridized carbons (Fsp3) is 0.600. The van der Waals surface area contributed by atoms with Crippen molar-refractivity contribution in [1.82, 2.24) is 0 Å². The van der Waals surface area contributed by atoms with Crippen LogP contribution in [0, 0.1) is 11.8 Å². The minimum Gasteiger partial charge on any atom is -0.494 e. The first-order valence-electron chi connectivity index (χ1n) is 11.0. The van der Waals surface area contributed by atoms with Gasteiger partial charge in [-0.05, 0) is 93.4 Å². The summed E-state index contributed by atoms with van der Waals surface area (Å²) in [6, 6.07) is 8.91. The van der Waals surface area contributed by atoms with E-state index in [2.05, 4.69) is 57.2 Å². The maximum atomic E-state index is 5.86. The lowest BCUT2D eigenvalue weighted by Crippen LogP contribution is -2.13. The van der Waals surface area contributed by atoms with Crippen LogP contribution in [-0.4, -0.2) is 19.3 Å². The van der Waals surface area contributed by atoms with E-state index in [1.54, 1.807) is 4.88 Å². The van der Waals surface area contributed by atoms with Gasteiger partial charge < -0.3 is 9.47 Å². The van der Waals surface area contributed by atoms with E-state index in [9.17, 15) is 0 Å². The van der Waals surface area contributed by atoms with Crippen molar-refractivity contribution in [3.05, 3.63) is 41.3 Å². The highest BCUT2D eigenvalue weighted by molar-refractivity contribution is 7.19. The molecule has 0 aliphatic heterocycles. The van der Waals surface area contributed by atoms with Crippen molar-refractivity contribution in [2.45, 2.75) is 71.8 Å². The molecule has 1 saturated carbocycles. The predicted molar refractivity (Wildman–Crippen MR) is 122 cm³/mol. The Bertz CT molecular complexity index is 755. The van der Waals surface area contributed by atoms with Crippen LogP contribution in [0.3, 0.4) is 0 Å². The van der Waals surface area contributed by atoms with Crippen LogP contribution in [0.15, 0.2) is 36.4 Å². The van der Waals surface area contributed by atoms with Crippen molar-refractivity contribution < 1.29 is 9.47 Å². The molecule has 2 unspecified atom stereocenters. The van der Waals surface area contributed by atoms with E-state index in [1.165, 1.54) is 35.8 Å². The summed E-state index contributed by atoms with van der Waals surface area (Å²) < 4.78 is 12.9. The molecule has 0 spiro atoms. The molecule has 1 heterocycles. The number of rotatable bonds is 9. The SMILES string of the molecule is CCOc1ccc2cc(C3CCC(/C=C/C(C)COC(C)CC)CC3)sc2c1. The van der Waals surface area contributed by atoms with Gasteiger partial charge in [-0.2, -0.15) is 0 Å². The monoisotopic (exact) mass is 400 g/mol.